The summed E-state index contributed by atoms with van der Waals surface area (Å²) in [4.78, 5) is 1.98. The molecule has 0 atom stereocenters. The number of halogens is 1. The predicted molar refractivity (Wildman–Crippen MR) is 80.8 cm³/mol. The molecular formula is C14H22FN3O2S. The van der Waals surface area contributed by atoms with Gasteiger partial charge in [0, 0.05) is 19.6 Å². The second-order valence-electron chi connectivity index (χ2n) is 5.76. The number of sulfonamides is 1. The van der Waals surface area contributed by atoms with E-state index >= 15 is 0 Å². The molecule has 0 bridgehead atoms. The highest BCUT2D eigenvalue weighted by molar-refractivity contribution is 7.89. The topological polar surface area (TPSA) is 66.6 Å². The summed E-state index contributed by atoms with van der Waals surface area (Å²) in [6.45, 7) is 1.86. The van der Waals surface area contributed by atoms with Crippen molar-refractivity contribution in [2.24, 2.45) is 5.92 Å². The Morgan fingerprint density at radius 1 is 1.33 bits per heavy atom. The second-order valence-corrected chi connectivity index (χ2v) is 7.67. The Labute approximate surface area is 125 Å². The van der Waals surface area contributed by atoms with Crippen LogP contribution in [0.4, 0.5) is 10.1 Å². The molecule has 0 aromatic heterocycles. The summed E-state index contributed by atoms with van der Waals surface area (Å²) in [7, 11) is 0.309. The number of nitrogens with zero attached hydrogens (tertiary/aromatic N) is 2. The van der Waals surface area contributed by atoms with Crippen LogP contribution in [0.2, 0.25) is 0 Å². The Hall–Kier alpha value is -1.18. The van der Waals surface area contributed by atoms with Crippen LogP contribution in [0.15, 0.2) is 23.1 Å². The van der Waals surface area contributed by atoms with Crippen LogP contribution in [0.5, 0.6) is 0 Å². The lowest BCUT2D eigenvalue weighted by molar-refractivity contribution is 0.225. The van der Waals surface area contributed by atoms with Crippen LogP contribution in [0, 0.1) is 11.7 Å². The Kier molecular flexibility index (Phi) is 4.85. The normalized spacial score (nSPS) is 18.3. The highest BCUT2D eigenvalue weighted by Crippen LogP contribution is 2.28. The van der Waals surface area contributed by atoms with Crippen molar-refractivity contribution < 1.29 is 12.8 Å². The van der Waals surface area contributed by atoms with E-state index in [4.69, 9.17) is 5.73 Å². The number of nitrogen functional groups attached to an aromatic ring is 1. The highest BCUT2D eigenvalue weighted by atomic mass is 32.2. The first-order valence-electron chi connectivity index (χ1n) is 7.01. The average molecular weight is 315 g/mol. The van der Waals surface area contributed by atoms with E-state index in [0.29, 0.717) is 19.0 Å². The molecule has 0 aliphatic carbocycles. The minimum atomic E-state index is -3.71. The molecular weight excluding hydrogens is 293 g/mol. The van der Waals surface area contributed by atoms with E-state index in [2.05, 4.69) is 4.90 Å². The summed E-state index contributed by atoms with van der Waals surface area (Å²) in [5, 5.41) is 0. The van der Waals surface area contributed by atoms with Crippen molar-refractivity contribution >= 4 is 15.7 Å². The van der Waals surface area contributed by atoms with Crippen LogP contribution in [-0.4, -0.2) is 51.4 Å². The fraction of sp³-hybridized carbons (Fsp3) is 0.571. The lowest BCUT2D eigenvalue weighted by Gasteiger charge is -2.32. The van der Waals surface area contributed by atoms with E-state index < -0.39 is 15.8 Å². The molecule has 118 valence electrons. The quantitative estimate of drug-likeness (QED) is 0.852. The van der Waals surface area contributed by atoms with Crippen LogP contribution in [0.3, 0.4) is 0 Å². The fourth-order valence-electron chi connectivity index (χ4n) is 2.73. The van der Waals surface area contributed by atoms with Gasteiger partial charge in [0.15, 0.2) is 0 Å². The summed E-state index contributed by atoms with van der Waals surface area (Å²) >= 11 is 0. The molecule has 7 heteroatoms. The van der Waals surface area contributed by atoms with Gasteiger partial charge in [-0.1, -0.05) is 6.07 Å². The number of piperidine rings is 1. The fourth-order valence-corrected chi connectivity index (χ4v) is 4.33. The van der Waals surface area contributed by atoms with Crippen molar-refractivity contribution in [1.82, 2.24) is 9.21 Å². The van der Waals surface area contributed by atoms with E-state index in [9.17, 15) is 12.8 Å². The number of rotatable bonds is 4. The van der Waals surface area contributed by atoms with Gasteiger partial charge in [-0.2, -0.15) is 4.31 Å². The third-order valence-corrected chi connectivity index (χ3v) is 5.78. The molecule has 1 aliphatic heterocycles. The van der Waals surface area contributed by atoms with Crippen LogP contribution in [0.1, 0.15) is 12.8 Å². The Bertz CT molecular complexity index is 596. The molecule has 1 aliphatic rings. The number of para-hydroxylation sites is 1. The van der Waals surface area contributed by atoms with Gasteiger partial charge in [-0.05, 0) is 45.0 Å². The molecule has 0 radical (unpaired) electrons. The van der Waals surface area contributed by atoms with Crippen molar-refractivity contribution in [3.8, 4) is 0 Å². The first kappa shape index (κ1) is 16.2. The molecule has 1 aromatic rings. The van der Waals surface area contributed by atoms with E-state index in [1.807, 2.05) is 14.1 Å². The van der Waals surface area contributed by atoms with E-state index in [1.165, 1.54) is 16.4 Å². The molecule has 0 saturated carbocycles. The number of hydrogen-bond acceptors (Lipinski definition) is 4. The molecule has 5 nitrogen and oxygen atoms in total. The number of hydrogen-bond donors (Lipinski definition) is 1. The van der Waals surface area contributed by atoms with Gasteiger partial charge in [-0.3, -0.25) is 0 Å². The van der Waals surface area contributed by atoms with Gasteiger partial charge in [0.25, 0.3) is 0 Å². The van der Waals surface area contributed by atoms with Gasteiger partial charge < -0.3 is 10.6 Å². The average Bonchev–Trinajstić information content (AvgIpc) is 2.41. The monoisotopic (exact) mass is 315 g/mol. The molecule has 0 unspecified atom stereocenters. The molecule has 1 saturated heterocycles. The van der Waals surface area contributed by atoms with Gasteiger partial charge in [-0.25, -0.2) is 12.8 Å². The van der Waals surface area contributed by atoms with Crippen LogP contribution >= 0.6 is 0 Å². The van der Waals surface area contributed by atoms with Crippen molar-refractivity contribution in [2.75, 3.05) is 39.5 Å². The minimum Gasteiger partial charge on any atom is -0.395 e. The van der Waals surface area contributed by atoms with E-state index in [-0.39, 0.29) is 10.6 Å². The standard InChI is InChI=1S/C14H22FN3O2S/c1-17(2)10-11-6-8-18(9-7-11)21(19,20)13-5-3-4-12(15)14(13)16/h3-5,11H,6-10,16H2,1-2H3. The van der Waals surface area contributed by atoms with Gasteiger partial charge in [0.2, 0.25) is 10.0 Å². The molecule has 1 heterocycles. The lowest BCUT2D eigenvalue weighted by atomic mass is 9.98. The third-order valence-electron chi connectivity index (χ3n) is 3.83. The van der Waals surface area contributed by atoms with E-state index in [1.54, 1.807) is 0 Å². The SMILES string of the molecule is CN(C)CC1CCN(S(=O)(=O)c2cccc(F)c2N)CC1. The van der Waals surface area contributed by atoms with Crippen LogP contribution in [0.25, 0.3) is 0 Å². The van der Waals surface area contributed by atoms with Crippen LogP contribution in [-0.2, 0) is 10.0 Å². The summed E-state index contributed by atoms with van der Waals surface area (Å²) in [5.41, 5.74) is 5.28. The maximum Gasteiger partial charge on any atom is 0.245 e. The number of nitrogens with two attached hydrogens (primary N) is 1. The molecule has 1 fully saturated rings. The van der Waals surface area contributed by atoms with E-state index in [0.717, 1.165) is 25.5 Å². The molecule has 1 aromatic carbocycles. The molecule has 0 amide bonds. The second kappa shape index (κ2) is 6.29. The van der Waals surface area contributed by atoms with Gasteiger partial charge in [0.05, 0.1) is 5.69 Å². The van der Waals surface area contributed by atoms with Crippen LogP contribution < -0.4 is 5.73 Å². The summed E-state index contributed by atoms with van der Waals surface area (Å²) in [6, 6.07) is 3.90. The highest BCUT2D eigenvalue weighted by Gasteiger charge is 2.31. The Morgan fingerprint density at radius 3 is 2.52 bits per heavy atom. The number of benzene rings is 1. The predicted octanol–water partition coefficient (Wildman–Crippen LogP) is 1.37. The summed E-state index contributed by atoms with van der Waals surface area (Å²) in [6.07, 6.45) is 1.62. The van der Waals surface area contributed by atoms with Crippen molar-refractivity contribution in [3.05, 3.63) is 24.0 Å². The largest absolute Gasteiger partial charge is 0.395 e. The molecule has 2 rings (SSSR count). The van der Waals surface area contributed by atoms with Gasteiger partial charge >= 0.3 is 0 Å². The van der Waals surface area contributed by atoms with Crippen molar-refractivity contribution in [3.63, 3.8) is 0 Å². The zero-order valence-electron chi connectivity index (χ0n) is 12.4. The van der Waals surface area contributed by atoms with Crippen molar-refractivity contribution in [2.45, 2.75) is 17.7 Å². The molecule has 21 heavy (non-hydrogen) atoms. The summed E-state index contributed by atoms with van der Waals surface area (Å²) < 4.78 is 40.0. The third kappa shape index (κ3) is 3.53. The maximum absolute atomic E-state index is 13.5. The lowest BCUT2D eigenvalue weighted by Crippen LogP contribution is -2.40. The molecule has 2 N–H and O–H groups in total. The minimum absolute atomic E-state index is 0.131. The van der Waals surface area contributed by atoms with Gasteiger partial charge in [-0.15, -0.1) is 0 Å². The smallest absolute Gasteiger partial charge is 0.245 e. The van der Waals surface area contributed by atoms with Gasteiger partial charge in [0.1, 0.15) is 10.7 Å². The Morgan fingerprint density at radius 2 is 1.95 bits per heavy atom. The maximum atomic E-state index is 13.5. The zero-order valence-corrected chi connectivity index (χ0v) is 13.2. The Balaban J connectivity index is 2.13. The first-order valence-corrected chi connectivity index (χ1v) is 8.45. The zero-order chi connectivity index (χ0) is 15.6. The van der Waals surface area contributed by atoms with Crippen molar-refractivity contribution in [1.29, 1.82) is 0 Å². The number of anilines is 1. The summed E-state index contributed by atoms with van der Waals surface area (Å²) in [5.74, 6) is -0.199. The molecule has 0 spiro atoms. The first-order chi connectivity index (χ1) is 9.82.